The zero-order chi connectivity index (χ0) is 11.3. The van der Waals surface area contributed by atoms with Gasteiger partial charge in [-0.05, 0) is 17.7 Å². The maximum Gasteiger partial charge on any atom is 0.149 e. The van der Waals surface area contributed by atoms with Crippen LogP contribution in [0.5, 0.6) is 0 Å². The number of alkyl halides is 1. The van der Waals surface area contributed by atoms with Crippen LogP contribution in [0, 0.1) is 0 Å². The molecule has 84 valence electrons. The first kappa shape index (κ1) is 12.3. The second-order valence-electron chi connectivity index (χ2n) is 3.39. The summed E-state index contributed by atoms with van der Waals surface area (Å²) in [6.07, 6.45) is 1.23. The number of hydrogen-bond acceptors (Lipinski definition) is 3. The van der Waals surface area contributed by atoms with Gasteiger partial charge in [-0.25, -0.2) is 8.42 Å². The van der Waals surface area contributed by atoms with Crippen LogP contribution in [0.2, 0.25) is 0 Å². The van der Waals surface area contributed by atoms with Crippen molar-refractivity contribution in [2.45, 2.75) is 5.88 Å². The molecular weight excluding hydrogens is 234 g/mol. The fourth-order valence-corrected chi connectivity index (χ4v) is 1.74. The Balaban J connectivity index is 2.45. The molecule has 0 amide bonds. The lowest BCUT2D eigenvalue weighted by Gasteiger charge is -2.05. The average Bonchev–Trinajstić information content (AvgIpc) is 2.17. The van der Waals surface area contributed by atoms with Gasteiger partial charge in [-0.3, -0.25) is 0 Å². The molecule has 1 aromatic rings. The van der Waals surface area contributed by atoms with Gasteiger partial charge in [0.1, 0.15) is 9.84 Å². The van der Waals surface area contributed by atoms with Crippen LogP contribution >= 0.6 is 11.6 Å². The van der Waals surface area contributed by atoms with Gasteiger partial charge in [0.05, 0.1) is 5.75 Å². The van der Waals surface area contributed by atoms with Gasteiger partial charge in [-0.2, -0.15) is 0 Å². The number of rotatable bonds is 5. The van der Waals surface area contributed by atoms with Crippen LogP contribution in [0.15, 0.2) is 24.3 Å². The fourth-order valence-electron chi connectivity index (χ4n) is 1.09. The highest BCUT2D eigenvalue weighted by Crippen LogP contribution is 2.10. The van der Waals surface area contributed by atoms with E-state index in [1.54, 1.807) is 0 Å². The summed E-state index contributed by atoms with van der Waals surface area (Å²) in [4.78, 5) is 0. The molecule has 0 aromatic heterocycles. The van der Waals surface area contributed by atoms with Crippen LogP contribution in [-0.2, 0) is 15.7 Å². The van der Waals surface area contributed by atoms with Crippen molar-refractivity contribution in [3.63, 3.8) is 0 Å². The van der Waals surface area contributed by atoms with Gasteiger partial charge in [0, 0.05) is 24.4 Å². The molecule has 0 fully saturated rings. The minimum absolute atomic E-state index is 0.143. The molecular formula is C10H14ClNO2S. The lowest BCUT2D eigenvalue weighted by molar-refractivity contribution is 0.602. The van der Waals surface area contributed by atoms with Gasteiger partial charge >= 0.3 is 0 Å². The maximum atomic E-state index is 10.9. The second kappa shape index (κ2) is 5.37. The molecule has 0 bridgehead atoms. The Kier molecular flexibility index (Phi) is 4.42. The van der Waals surface area contributed by atoms with Gasteiger partial charge < -0.3 is 5.32 Å². The first-order chi connectivity index (χ1) is 7.01. The SMILES string of the molecule is CS(=O)(=O)CCNc1ccc(CCl)cc1. The normalized spacial score (nSPS) is 11.3. The number of anilines is 1. The third-order valence-electron chi connectivity index (χ3n) is 1.91. The highest BCUT2D eigenvalue weighted by atomic mass is 35.5. The molecule has 0 atom stereocenters. The van der Waals surface area contributed by atoms with E-state index in [0.717, 1.165) is 11.3 Å². The Morgan fingerprint density at radius 1 is 1.27 bits per heavy atom. The van der Waals surface area contributed by atoms with Gasteiger partial charge in [-0.15, -0.1) is 11.6 Å². The van der Waals surface area contributed by atoms with Crippen molar-refractivity contribution in [2.75, 3.05) is 23.9 Å². The monoisotopic (exact) mass is 247 g/mol. The van der Waals surface area contributed by atoms with Crippen LogP contribution < -0.4 is 5.32 Å². The molecule has 0 unspecified atom stereocenters. The molecule has 3 nitrogen and oxygen atoms in total. The smallest absolute Gasteiger partial charge is 0.149 e. The third-order valence-corrected chi connectivity index (χ3v) is 3.16. The second-order valence-corrected chi connectivity index (χ2v) is 5.91. The van der Waals surface area contributed by atoms with Crippen LogP contribution in [0.1, 0.15) is 5.56 Å². The zero-order valence-electron chi connectivity index (χ0n) is 8.53. The molecule has 0 heterocycles. The van der Waals surface area contributed by atoms with Crippen molar-refractivity contribution in [3.8, 4) is 0 Å². The number of halogens is 1. The summed E-state index contributed by atoms with van der Waals surface area (Å²) >= 11 is 5.64. The fraction of sp³-hybridized carbons (Fsp3) is 0.400. The Hall–Kier alpha value is -0.740. The molecule has 0 saturated carbocycles. The molecule has 5 heteroatoms. The summed E-state index contributed by atoms with van der Waals surface area (Å²) in [5.74, 6) is 0.633. The Morgan fingerprint density at radius 2 is 1.87 bits per heavy atom. The van der Waals surface area contributed by atoms with Crippen molar-refractivity contribution in [3.05, 3.63) is 29.8 Å². The average molecular weight is 248 g/mol. The van der Waals surface area contributed by atoms with E-state index in [4.69, 9.17) is 11.6 Å². The van der Waals surface area contributed by atoms with E-state index in [9.17, 15) is 8.42 Å². The summed E-state index contributed by atoms with van der Waals surface area (Å²) in [6, 6.07) is 7.60. The number of benzene rings is 1. The van der Waals surface area contributed by atoms with Crippen LogP contribution in [-0.4, -0.2) is 27.0 Å². The molecule has 0 aliphatic carbocycles. The molecule has 15 heavy (non-hydrogen) atoms. The predicted molar refractivity (Wildman–Crippen MR) is 64.2 cm³/mol. The van der Waals surface area contributed by atoms with E-state index in [2.05, 4.69) is 5.32 Å². The van der Waals surface area contributed by atoms with Crippen molar-refractivity contribution in [1.82, 2.24) is 0 Å². The highest BCUT2D eigenvalue weighted by Gasteiger charge is 2.00. The van der Waals surface area contributed by atoms with Gasteiger partial charge in [0.25, 0.3) is 0 Å². The number of sulfone groups is 1. The first-order valence-electron chi connectivity index (χ1n) is 4.58. The topological polar surface area (TPSA) is 46.2 Å². The summed E-state index contributed by atoms with van der Waals surface area (Å²) in [5.41, 5.74) is 1.96. The van der Waals surface area contributed by atoms with E-state index < -0.39 is 9.84 Å². The molecule has 1 N–H and O–H groups in total. The molecule has 0 radical (unpaired) electrons. The first-order valence-corrected chi connectivity index (χ1v) is 7.17. The van der Waals surface area contributed by atoms with E-state index in [0.29, 0.717) is 12.4 Å². The van der Waals surface area contributed by atoms with Crippen molar-refractivity contribution in [1.29, 1.82) is 0 Å². The molecule has 0 aliphatic rings. The lowest BCUT2D eigenvalue weighted by atomic mass is 10.2. The van der Waals surface area contributed by atoms with Gasteiger partial charge in [0.2, 0.25) is 0 Å². The standard InChI is InChI=1S/C10H14ClNO2S/c1-15(13,14)7-6-12-10-4-2-9(8-11)3-5-10/h2-5,12H,6-8H2,1H3. The van der Waals surface area contributed by atoms with Gasteiger partial charge in [-0.1, -0.05) is 12.1 Å². The third kappa shape index (κ3) is 5.04. The van der Waals surface area contributed by atoms with E-state index in [1.807, 2.05) is 24.3 Å². The van der Waals surface area contributed by atoms with E-state index in [-0.39, 0.29) is 5.75 Å². The molecule has 0 saturated heterocycles. The Morgan fingerprint density at radius 3 is 2.33 bits per heavy atom. The minimum atomic E-state index is -2.89. The largest absolute Gasteiger partial charge is 0.384 e. The van der Waals surface area contributed by atoms with Crippen LogP contribution in [0.3, 0.4) is 0 Å². The molecule has 1 rings (SSSR count). The van der Waals surface area contributed by atoms with Crippen molar-refractivity contribution in [2.24, 2.45) is 0 Å². The maximum absolute atomic E-state index is 10.9. The lowest BCUT2D eigenvalue weighted by Crippen LogP contribution is -2.13. The zero-order valence-corrected chi connectivity index (χ0v) is 10.1. The number of nitrogens with one attached hydrogen (secondary N) is 1. The van der Waals surface area contributed by atoms with E-state index >= 15 is 0 Å². The molecule has 1 aromatic carbocycles. The molecule has 0 spiro atoms. The Labute approximate surface area is 95.4 Å². The highest BCUT2D eigenvalue weighted by molar-refractivity contribution is 7.90. The predicted octanol–water partition coefficient (Wildman–Crippen LogP) is 1.88. The van der Waals surface area contributed by atoms with E-state index in [1.165, 1.54) is 6.26 Å². The summed E-state index contributed by atoms with van der Waals surface area (Å²) in [6.45, 7) is 0.430. The Bertz CT molecular complexity index is 400. The molecule has 0 aliphatic heterocycles. The summed E-state index contributed by atoms with van der Waals surface area (Å²) in [5, 5.41) is 3.03. The van der Waals surface area contributed by atoms with Crippen molar-refractivity contribution >= 4 is 27.1 Å². The van der Waals surface area contributed by atoms with Gasteiger partial charge in [0.15, 0.2) is 0 Å². The van der Waals surface area contributed by atoms with Crippen LogP contribution in [0.4, 0.5) is 5.69 Å². The number of hydrogen-bond donors (Lipinski definition) is 1. The quantitative estimate of drug-likeness (QED) is 0.809. The summed E-state index contributed by atoms with van der Waals surface area (Å²) in [7, 11) is -2.89. The minimum Gasteiger partial charge on any atom is -0.384 e. The van der Waals surface area contributed by atoms with Crippen LogP contribution in [0.25, 0.3) is 0 Å². The van der Waals surface area contributed by atoms with Crippen molar-refractivity contribution < 1.29 is 8.42 Å². The summed E-state index contributed by atoms with van der Waals surface area (Å²) < 4.78 is 21.7.